The van der Waals surface area contributed by atoms with Crippen LogP contribution in [0, 0.1) is 12.7 Å². The molecule has 0 amide bonds. The summed E-state index contributed by atoms with van der Waals surface area (Å²) in [5.74, 6) is 1.69. The Bertz CT molecular complexity index is 694. The zero-order valence-electron chi connectivity index (χ0n) is 13.3. The fraction of sp³-hybridized carbons (Fsp3) is 0.412. The van der Waals surface area contributed by atoms with Crippen LogP contribution in [0.2, 0.25) is 0 Å². The highest BCUT2D eigenvalue weighted by Gasteiger charge is 2.21. The number of aromatic nitrogens is 2. The van der Waals surface area contributed by atoms with E-state index in [1.165, 1.54) is 12.1 Å². The van der Waals surface area contributed by atoms with Crippen LogP contribution in [0.3, 0.4) is 0 Å². The van der Waals surface area contributed by atoms with E-state index in [4.69, 9.17) is 9.47 Å². The van der Waals surface area contributed by atoms with Crippen molar-refractivity contribution in [3.8, 4) is 5.75 Å². The van der Waals surface area contributed by atoms with Gasteiger partial charge in [0.15, 0.2) is 5.82 Å². The summed E-state index contributed by atoms with van der Waals surface area (Å²) in [4.78, 5) is 8.82. The van der Waals surface area contributed by atoms with Crippen molar-refractivity contribution < 1.29 is 13.9 Å². The molecule has 0 unspecified atom stereocenters. The van der Waals surface area contributed by atoms with Gasteiger partial charge in [0.1, 0.15) is 24.0 Å². The number of benzene rings is 1. The highest BCUT2D eigenvalue weighted by molar-refractivity contribution is 5.44. The molecule has 2 heterocycles. The Kier molecular flexibility index (Phi) is 4.71. The van der Waals surface area contributed by atoms with Gasteiger partial charge in [-0.15, -0.1) is 0 Å². The molecular formula is C17H20FN3O2. The Balaban J connectivity index is 1.88. The summed E-state index contributed by atoms with van der Waals surface area (Å²) in [6.07, 6.45) is 1.78. The van der Waals surface area contributed by atoms with Gasteiger partial charge < -0.3 is 14.8 Å². The third-order valence-corrected chi connectivity index (χ3v) is 3.74. The van der Waals surface area contributed by atoms with Crippen molar-refractivity contribution in [2.24, 2.45) is 0 Å². The lowest BCUT2D eigenvalue weighted by Crippen LogP contribution is -2.13. The third kappa shape index (κ3) is 3.76. The summed E-state index contributed by atoms with van der Waals surface area (Å²) in [6.45, 7) is 2.88. The van der Waals surface area contributed by atoms with Crippen LogP contribution in [0.25, 0.3) is 0 Å². The molecule has 0 saturated carbocycles. The van der Waals surface area contributed by atoms with Gasteiger partial charge in [-0.25, -0.2) is 14.4 Å². The monoisotopic (exact) mass is 317 g/mol. The molecule has 1 atom stereocenters. The minimum atomic E-state index is -0.287. The summed E-state index contributed by atoms with van der Waals surface area (Å²) in [7, 11) is 1.62. The molecule has 6 heteroatoms. The van der Waals surface area contributed by atoms with Crippen LogP contribution in [0.15, 0.2) is 24.3 Å². The molecule has 1 aliphatic heterocycles. The van der Waals surface area contributed by atoms with E-state index in [9.17, 15) is 4.39 Å². The minimum absolute atomic E-state index is 0.0257. The number of hydrogen-bond acceptors (Lipinski definition) is 5. The van der Waals surface area contributed by atoms with Crippen LogP contribution in [0.1, 0.15) is 36.0 Å². The zero-order valence-corrected chi connectivity index (χ0v) is 13.3. The first-order valence-electron chi connectivity index (χ1n) is 7.68. The van der Waals surface area contributed by atoms with Crippen molar-refractivity contribution >= 4 is 5.82 Å². The molecule has 1 N–H and O–H groups in total. The van der Waals surface area contributed by atoms with E-state index in [0.29, 0.717) is 24.8 Å². The van der Waals surface area contributed by atoms with Gasteiger partial charge in [-0.05, 0) is 25.8 Å². The first-order chi connectivity index (χ1) is 11.2. The number of nitrogens with zero attached hydrogens (tertiary/aromatic N) is 2. The van der Waals surface area contributed by atoms with Crippen LogP contribution >= 0.6 is 0 Å². The van der Waals surface area contributed by atoms with E-state index in [0.717, 1.165) is 29.9 Å². The molecule has 1 aromatic carbocycles. The van der Waals surface area contributed by atoms with Crippen molar-refractivity contribution in [3.05, 3.63) is 47.2 Å². The van der Waals surface area contributed by atoms with Gasteiger partial charge in [0, 0.05) is 30.5 Å². The van der Waals surface area contributed by atoms with Crippen LogP contribution in [-0.4, -0.2) is 23.7 Å². The van der Waals surface area contributed by atoms with Gasteiger partial charge in [-0.1, -0.05) is 6.07 Å². The number of fused-ring (bicyclic) bond motifs is 1. The Hall–Kier alpha value is -2.21. The quantitative estimate of drug-likeness (QED) is 0.936. The lowest BCUT2D eigenvalue weighted by atomic mass is 10.0. The van der Waals surface area contributed by atoms with Gasteiger partial charge in [0.25, 0.3) is 0 Å². The Morgan fingerprint density at radius 3 is 3.04 bits per heavy atom. The molecule has 3 rings (SSSR count). The molecule has 122 valence electrons. The van der Waals surface area contributed by atoms with Crippen LogP contribution in [-0.2, 0) is 11.3 Å². The summed E-state index contributed by atoms with van der Waals surface area (Å²) >= 11 is 0. The molecule has 0 spiro atoms. The average molecular weight is 317 g/mol. The van der Waals surface area contributed by atoms with Crippen molar-refractivity contribution in [1.82, 2.24) is 9.97 Å². The number of rotatable bonds is 4. The Labute approximate surface area is 134 Å². The van der Waals surface area contributed by atoms with E-state index < -0.39 is 0 Å². The van der Waals surface area contributed by atoms with Crippen LogP contribution in [0.4, 0.5) is 10.2 Å². The number of methoxy groups -OCH3 is 1. The second-order valence-corrected chi connectivity index (χ2v) is 5.61. The molecule has 0 fully saturated rings. The van der Waals surface area contributed by atoms with Crippen LogP contribution in [0.5, 0.6) is 5.75 Å². The molecule has 5 nitrogen and oxygen atoms in total. The van der Waals surface area contributed by atoms with E-state index >= 15 is 0 Å². The van der Waals surface area contributed by atoms with Crippen molar-refractivity contribution in [2.75, 3.05) is 19.0 Å². The molecule has 0 radical (unpaired) electrons. The van der Waals surface area contributed by atoms with Gasteiger partial charge in [-0.2, -0.15) is 0 Å². The predicted molar refractivity (Wildman–Crippen MR) is 85.0 cm³/mol. The number of halogens is 1. The maximum Gasteiger partial charge on any atom is 0.156 e. The first-order valence-corrected chi connectivity index (χ1v) is 7.68. The van der Waals surface area contributed by atoms with Crippen molar-refractivity contribution in [1.29, 1.82) is 0 Å². The molecule has 2 aromatic rings. The molecule has 0 saturated heterocycles. The fourth-order valence-corrected chi connectivity index (χ4v) is 2.77. The Morgan fingerprint density at radius 2 is 2.22 bits per heavy atom. The van der Waals surface area contributed by atoms with E-state index in [1.807, 2.05) is 13.0 Å². The zero-order chi connectivity index (χ0) is 16.2. The highest BCUT2D eigenvalue weighted by atomic mass is 19.1. The maximum absolute atomic E-state index is 13.4. The normalized spacial score (nSPS) is 17.1. The Morgan fingerprint density at radius 1 is 1.35 bits per heavy atom. The molecule has 23 heavy (non-hydrogen) atoms. The number of ether oxygens (including phenoxy) is 2. The summed E-state index contributed by atoms with van der Waals surface area (Å²) in [6, 6.07) is 6.60. The molecule has 0 bridgehead atoms. The standard InChI is InChI=1S/C17H20FN3O2/c1-11-8-16(21-17(19-11)10-22-2)20-14-4-3-7-23-15-9-12(18)5-6-13(14)15/h5-6,8-9,14H,3-4,7,10H2,1-2H3,(H,19,20,21)/t14-/m1/s1. The van der Waals surface area contributed by atoms with Gasteiger partial charge in [-0.3, -0.25) is 0 Å². The van der Waals surface area contributed by atoms with E-state index in [2.05, 4.69) is 15.3 Å². The molecular weight excluding hydrogens is 297 g/mol. The topological polar surface area (TPSA) is 56.3 Å². The summed E-state index contributed by atoms with van der Waals surface area (Å²) < 4.78 is 24.2. The second kappa shape index (κ2) is 6.91. The summed E-state index contributed by atoms with van der Waals surface area (Å²) in [5, 5.41) is 3.43. The minimum Gasteiger partial charge on any atom is -0.493 e. The predicted octanol–water partition coefficient (Wildman–Crippen LogP) is 3.40. The van der Waals surface area contributed by atoms with Gasteiger partial charge in [0.05, 0.1) is 12.6 Å². The van der Waals surface area contributed by atoms with Crippen LogP contribution < -0.4 is 10.1 Å². The van der Waals surface area contributed by atoms with Crippen molar-refractivity contribution in [3.63, 3.8) is 0 Å². The summed E-state index contributed by atoms with van der Waals surface area (Å²) in [5.41, 5.74) is 1.83. The smallest absolute Gasteiger partial charge is 0.156 e. The average Bonchev–Trinajstić information content (AvgIpc) is 2.69. The highest BCUT2D eigenvalue weighted by Crippen LogP contribution is 2.34. The van der Waals surface area contributed by atoms with Gasteiger partial charge in [0.2, 0.25) is 0 Å². The lowest BCUT2D eigenvalue weighted by molar-refractivity contribution is 0.177. The van der Waals surface area contributed by atoms with E-state index in [1.54, 1.807) is 13.2 Å². The largest absolute Gasteiger partial charge is 0.493 e. The maximum atomic E-state index is 13.4. The SMILES string of the molecule is COCc1nc(C)cc(N[C@@H]2CCCOc3cc(F)ccc32)n1. The number of aryl methyl sites for hydroxylation is 1. The van der Waals surface area contributed by atoms with Gasteiger partial charge >= 0.3 is 0 Å². The number of nitrogens with one attached hydrogen (secondary N) is 1. The number of anilines is 1. The fourth-order valence-electron chi connectivity index (χ4n) is 2.77. The molecule has 1 aromatic heterocycles. The number of hydrogen-bond donors (Lipinski definition) is 1. The third-order valence-electron chi connectivity index (χ3n) is 3.74. The lowest BCUT2D eigenvalue weighted by Gasteiger charge is -2.19. The van der Waals surface area contributed by atoms with Crippen molar-refractivity contribution in [2.45, 2.75) is 32.4 Å². The van der Waals surface area contributed by atoms with E-state index in [-0.39, 0.29) is 11.9 Å². The first kappa shape index (κ1) is 15.7. The molecule has 1 aliphatic rings. The molecule has 0 aliphatic carbocycles. The second-order valence-electron chi connectivity index (χ2n) is 5.61.